The Bertz CT molecular complexity index is 1110. The molecule has 0 unspecified atom stereocenters. The number of amides is 2. The summed E-state index contributed by atoms with van der Waals surface area (Å²) in [5.41, 5.74) is -0.168. The van der Waals surface area contributed by atoms with Gasteiger partial charge in [-0.2, -0.15) is 5.10 Å². The average molecular weight is 428 g/mol. The Morgan fingerprint density at radius 2 is 2.00 bits per heavy atom. The van der Waals surface area contributed by atoms with Crippen molar-refractivity contribution in [2.75, 3.05) is 19.6 Å². The smallest absolute Gasteiger partial charge is 0.340 e. The molecule has 0 saturated carbocycles. The molecule has 4 rings (SSSR count). The van der Waals surface area contributed by atoms with E-state index in [2.05, 4.69) is 20.5 Å². The lowest BCUT2D eigenvalue weighted by molar-refractivity contribution is -0.134. The standard InChI is InChI=1S/C21H28N6O4/c1-21(2,3)19(30)22-9-15-13-7-12(14-5-4-6-17(28)27(14)15)10-26(11-13)18(29)8-16-23-20(31)25-24-16/h4-6,12-13,15H,7-11H2,1-3H3,(H,22,30)(H2,23,24,25,31)/t12-,13+,15+/m1/s1. The van der Waals surface area contributed by atoms with Crippen molar-refractivity contribution in [2.45, 2.75) is 45.6 Å². The van der Waals surface area contributed by atoms with E-state index >= 15 is 0 Å². The molecule has 1 saturated heterocycles. The van der Waals surface area contributed by atoms with Gasteiger partial charge in [0.05, 0.1) is 12.5 Å². The van der Waals surface area contributed by atoms with Crippen molar-refractivity contribution in [2.24, 2.45) is 11.3 Å². The molecule has 2 amide bonds. The fourth-order valence-corrected chi connectivity index (χ4v) is 4.61. The summed E-state index contributed by atoms with van der Waals surface area (Å²) in [6, 6.07) is 4.99. The SMILES string of the molecule is CC(C)(C)C(=O)NC[C@H]1[C@H]2C[C@H](CN(C(=O)Cc3n[nH]c(=O)[nH]3)C2)c2cccc(=O)n21. The molecule has 31 heavy (non-hydrogen) atoms. The fraction of sp³-hybridized carbons (Fsp3) is 0.571. The summed E-state index contributed by atoms with van der Waals surface area (Å²) in [6.45, 7) is 6.87. The van der Waals surface area contributed by atoms with Gasteiger partial charge in [0.2, 0.25) is 11.8 Å². The van der Waals surface area contributed by atoms with Gasteiger partial charge in [0.1, 0.15) is 5.82 Å². The summed E-state index contributed by atoms with van der Waals surface area (Å²) >= 11 is 0. The Hall–Kier alpha value is -3.17. The Balaban J connectivity index is 1.59. The van der Waals surface area contributed by atoms with Crippen LogP contribution in [0.4, 0.5) is 0 Å². The summed E-state index contributed by atoms with van der Waals surface area (Å²) in [5, 5.41) is 9.09. The number of rotatable bonds is 4. The van der Waals surface area contributed by atoms with Gasteiger partial charge in [-0.05, 0) is 18.4 Å². The van der Waals surface area contributed by atoms with Gasteiger partial charge in [-0.15, -0.1) is 0 Å². The first-order chi connectivity index (χ1) is 14.6. The Morgan fingerprint density at radius 1 is 1.23 bits per heavy atom. The van der Waals surface area contributed by atoms with Gasteiger partial charge in [0, 0.05) is 42.7 Å². The number of piperidine rings is 1. The van der Waals surface area contributed by atoms with Gasteiger partial charge in [0.15, 0.2) is 0 Å². The third kappa shape index (κ3) is 4.19. The zero-order valence-electron chi connectivity index (χ0n) is 18.0. The van der Waals surface area contributed by atoms with E-state index in [0.29, 0.717) is 25.5 Å². The minimum Gasteiger partial charge on any atom is -0.354 e. The quantitative estimate of drug-likeness (QED) is 0.638. The molecule has 166 valence electrons. The molecule has 0 spiro atoms. The predicted molar refractivity (Wildman–Crippen MR) is 113 cm³/mol. The highest BCUT2D eigenvalue weighted by Crippen LogP contribution is 2.41. The number of likely N-dealkylation sites (tertiary alicyclic amines) is 1. The lowest BCUT2D eigenvalue weighted by atomic mass is 9.78. The van der Waals surface area contributed by atoms with Crippen molar-refractivity contribution in [3.63, 3.8) is 0 Å². The van der Waals surface area contributed by atoms with Gasteiger partial charge in [-0.1, -0.05) is 26.8 Å². The van der Waals surface area contributed by atoms with E-state index in [1.54, 1.807) is 21.6 Å². The lowest BCUT2D eigenvalue weighted by Crippen LogP contribution is -2.54. The molecule has 4 heterocycles. The van der Waals surface area contributed by atoms with Crippen LogP contribution in [0.2, 0.25) is 0 Å². The number of nitrogens with one attached hydrogen (secondary N) is 3. The maximum Gasteiger partial charge on any atom is 0.340 e. The molecule has 2 aliphatic heterocycles. The highest BCUT2D eigenvalue weighted by molar-refractivity contribution is 5.81. The minimum absolute atomic E-state index is 0.00516. The molecule has 3 N–H and O–H groups in total. The zero-order chi connectivity index (χ0) is 22.3. The number of hydrogen-bond acceptors (Lipinski definition) is 5. The molecule has 2 bridgehead atoms. The van der Waals surface area contributed by atoms with Crippen molar-refractivity contribution in [3.05, 3.63) is 50.6 Å². The molecule has 2 aromatic heterocycles. The number of aromatic amines is 2. The van der Waals surface area contributed by atoms with Gasteiger partial charge in [-0.3, -0.25) is 19.4 Å². The normalized spacial score (nSPS) is 22.7. The van der Waals surface area contributed by atoms with E-state index in [-0.39, 0.29) is 41.7 Å². The van der Waals surface area contributed by atoms with Gasteiger partial charge < -0.3 is 14.8 Å². The van der Waals surface area contributed by atoms with Crippen LogP contribution in [-0.2, 0) is 16.0 Å². The van der Waals surface area contributed by atoms with E-state index in [4.69, 9.17) is 0 Å². The predicted octanol–water partition coefficient (Wildman–Crippen LogP) is 0.152. The number of hydrogen-bond donors (Lipinski definition) is 3. The number of carbonyl (C=O) groups excluding carboxylic acids is 2. The summed E-state index contributed by atoms with van der Waals surface area (Å²) in [7, 11) is 0. The summed E-state index contributed by atoms with van der Waals surface area (Å²) in [6.07, 6.45) is 0.855. The molecule has 0 aromatic carbocycles. The molecule has 10 nitrogen and oxygen atoms in total. The van der Waals surface area contributed by atoms with E-state index in [1.807, 2.05) is 26.8 Å². The van der Waals surface area contributed by atoms with Crippen LogP contribution in [-0.4, -0.2) is 56.1 Å². The van der Waals surface area contributed by atoms with Gasteiger partial charge >= 0.3 is 5.69 Å². The zero-order valence-corrected chi connectivity index (χ0v) is 18.0. The van der Waals surface area contributed by atoms with Crippen LogP contribution < -0.4 is 16.6 Å². The number of aromatic nitrogens is 4. The number of pyridine rings is 1. The van der Waals surface area contributed by atoms with Crippen molar-refractivity contribution >= 4 is 11.8 Å². The van der Waals surface area contributed by atoms with Crippen molar-refractivity contribution in [1.82, 2.24) is 30.0 Å². The van der Waals surface area contributed by atoms with E-state index in [1.165, 1.54) is 0 Å². The second-order valence-corrected chi connectivity index (χ2v) is 9.48. The Kier molecular flexibility index (Phi) is 5.32. The lowest BCUT2D eigenvalue weighted by Gasteiger charge is -2.47. The minimum atomic E-state index is -0.531. The van der Waals surface area contributed by atoms with Gasteiger partial charge in [-0.25, -0.2) is 9.89 Å². The maximum absolute atomic E-state index is 12.9. The first-order valence-corrected chi connectivity index (χ1v) is 10.5. The van der Waals surface area contributed by atoms with E-state index in [0.717, 1.165) is 12.1 Å². The van der Waals surface area contributed by atoms with Crippen LogP contribution in [0.1, 0.15) is 50.7 Å². The molecule has 0 radical (unpaired) electrons. The average Bonchev–Trinajstić information content (AvgIpc) is 3.11. The summed E-state index contributed by atoms with van der Waals surface area (Å²) in [4.78, 5) is 53.6. The third-order valence-electron chi connectivity index (χ3n) is 6.17. The number of H-pyrrole nitrogens is 2. The van der Waals surface area contributed by atoms with Crippen LogP contribution in [0.25, 0.3) is 0 Å². The summed E-state index contributed by atoms with van der Waals surface area (Å²) in [5.74, 6) is 0.183. The highest BCUT2D eigenvalue weighted by atomic mass is 16.2. The number of fused-ring (bicyclic) bond motifs is 4. The van der Waals surface area contributed by atoms with E-state index < -0.39 is 11.1 Å². The second-order valence-electron chi connectivity index (χ2n) is 9.48. The second kappa shape index (κ2) is 7.82. The van der Waals surface area contributed by atoms with E-state index in [9.17, 15) is 19.2 Å². The first kappa shape index (κ1) is 21.1. The number of nitrogens with zero attached hydrogens (tertiary/aromatic N) is 3. The molecule has 2 aliphatic rings. The molecule has 2 aromatic rings. The monoisotopic (exact) mass is 428 g/mol. The van der Waals surface area contributed by atoms with Crippen LogP contribution in [0, 0.1) is 11.3 Å². The van der Waals surface area contributed by atoms with Crippen LogP contribution in [0.3, 0.4) is 0 Å². The molecule has 10 heteroatoms. The highest BCUT2D eigenvalue weighted by Gasteiger charge is 2.42. The van der Waals surface area contributed by atoms with Crippen LogP contribution >= 0.6 is 0 Å². The fourth-order valence-electron chi connectivity index (χ4n) is 4.61. The molecule has 0 aliphatic carbocycles. The first-order valence-electron chi connectivity index (χ1n) is 10.5. The van der Waals surface area contributed by atoms with Gasteiger partial charge in [0.25, 0.3) is 5.56 Å². The largest absolute Gasteiger partial charge is 0.354 e. The molecule has 3 atom stereocenters. The van der Waals surface area contributed by atoms with Crippen molar-refractivity contribution in [1.29, 1.82) is 0 Å². The molecular weight excluding hydrogens is 400 g/mol. The van der Waals surface area contributed by atoms with Crippen LogP contribution in [0.5, 0.6) is 0 Å². The molecular formula is C21H28N6O4. The number of carbonyl (C=O) groups is 2. The molecule has 1 fully saturated rings. The Labute approximate surface area is 179 Å². The van der Waals surface area contributed by atoms with Crippen LogP contribution in [0.15, 0.2) is 27.8 Å². The summed E-state index contributed by atoms with van der Waals surface area (Å²) < 4.78 is 1.80. The third-order valence-corrected chi connectivity index (χ3v) is 6.17. The maximum atomic E-state index is 12.9. The Morgan fingerprint density at radius 3 is 2.68 bits per heavy atom. The topological polar surface area (TPSA) is 133 Å². The van der Waals surface area contributed by atoms with Crippen molar-refractivity contribution < 1.29 is 9.59 Å². The van der Waals surface area contributed by atoms with Crippen molar-refractivity contribution in [3.8, 4) is 0 Å².